The second-order valence-corrected chi connectivity index (χ2v) is 5.21. The molecule has 1 aliphatic rings. The Kier molecular flexibility index (Phi) is 5.23. The Morgan fingerprint density at radius 3 is 2.83 bits per heavy atom. The van der Waals surface area contributed by atoms with Gasteiger partial charge in [-0.2, -0.15) is 0 Å². The van der Waals surface area contributed by atoms with Gasteiger partial charge in [-0.25, -0.2) is 0 Å². The van der Waals surface area contributed by atoms with Crippen LogP contribution in [0, 0.1) is 0 Å². The summed E-state index contributed by atoms with van der Waals surface area (Å²) in [7, 11) is 2.08. The molecule has 2 N–H and O–H groups in total. The molecule has 18 heavy (non-hydrogen) atoms. The predicted octanol–water partition coefficient (Wildman–Crippen LogP) is 0.961. The van der Waals surface area contributed by atoms with Crippen molar-refractivity contribution < 1.29 is 5.11 Å². The van der Waals surface area contributed by atoms with Gasteiger partial charge in [0.15, 0.2) is 0 Å². The Morgan fingerprint density at radius 2 is 2.17 bits per heavy atom. The zero-order chi connectivity index (χ0) is 12.8. The van der Waals surface area contributed by atoms with Crippen molar-refractivity contribution in [1.82, 2.24) is 14.8 Å². The van der Waals surface area contributed by atoms with Crippen molar-refractivity contribution in [3.63, 3.8) is 0 Å². The van der Waals surface area contributed by atoms with Gasteiger partial charge >= 0.3 is 0 Å². The lowest BCUT2D eigenvalue weighted by atomic mass is 10.1. The molecule has 0 bridgehead atoms. The van der Waals surface area contributed by atoms with Crippen molar-refractivity contribution >= 4 is 0 Å². The second-order valence-electron chi connectivity index (χ2n) is 5.21. The molecule has 4 nitrogen and oxygen atoms in total. The van der Waals surface area contributed by atoms with Crippen molar-refractivity contribution in [2.24, 2.45) is 7.05 Å². The number of nitrogens with one attached hydrogen (secondary N) is 1. The van der Waals surface area contributed by atoms with Gasteiger partial charge in [0.25, 0.3) is 0 Å². The molecule has 2 rings (SSSR count). The average molecular weight is 251 g/mol. The van der Waals surface area contributed by atoms with Gasteiger partial charge in [0.05, 0.1) is 6.10 Å². The Hall–Kier alpha value is -0.840. The van der Waals surface area contributed by atoms with Crippen LogP contribution in [-0.2, 0) is 13.6 Å². The number of nitrogens with zero attached hydrogens (tertiary/aromatic N) is 2. The fraction of sp³-hybridized carbons (Fsp3) is 0.714. The topological polar surface area (TPSA) is 40.4 Å². The average Bonchev–Trinajstić information content (AvgIpc) is 2.77. The summed E-state index contributed by atoms with van der Waals surface area (Å²) in [4.78, 5) is 2.46. The highest BCUT2D eigenvalue weighted by molar-refractivity contribution is 5.05. The largest absolute Gasteiger partial charge is 0.393 e. The number of aliphatic hydroxyl groups excluding tert-OH is 1. The van der Waals surface area contributed by atoms with E-state index in [0.29, 0.717) is 0 Å². The molecule has 1 aliphatic heterocycles. The summed E-state index contributed by atoms with van der Waals surface area (Å²) in [6.45, 7) is 5.26. The van der Waals surface area contributed by atoms with Crippen LogP contribution in [0.3, 0.4) is 0 Å². The van der Waals surface area contributed by atoms with Crippen LogP contribution in [0.15, 0.2) is 18.3 Å². The number of aryl methyl sites for hydroxylation is 1. The third-order valence-corrected chi connectivity index (χ3v) is 3.74. The quantitative estimate of drug-likeness (QED) is 0.740. The number of piperidine rings is 1. The molecule has 102 valence electrons. The monoisotopic (exact) mass is 251 g/mol. The van der Waals surface area contributed by atoms with Crippen molar-refractivity contribution in [2.75, 3.05) is 26.2 Å². The van der Waals surface area contributed by atoms with Crippen molar-refractivity contribution in [3.8, 4) is 0 Å². The summed E-state index contributed by atoms with van der Waals surface area (Å²) >= 11 is 0. The van der Waals surface area contributed by atoms with Gasteiger partial charge in [0.2, 0.25) is 0 Å². The zero-order valence-corrected chi connectivity index (χ0v) is 11.3. The molecular formula is C14H25N3O. The standard InChI is InChI=1S/C14H25N3O/c1-16-8-2-4-13(16)12-15-7-3-9-17-10-5-14(18)6-11-17/h2,4,8,14-15,18H,3,5-7,9-12H2,1H3. The van der Waals surface area contributed by atoms with E-state index in [9.17, 15) is 5.11 Å². The molecule has 0 atom stereocenters. The van der Waals surface area contributed by atoms with Gasteiger partial charge in [-0.05, 0) is 44.5 Å². The molecule has 0 saturated carbocycles. The Bertz CT molecular complexity index is 343. The highest BCUT2D eigenvalue weighted by Gasteiger charge is 2.15. The summed E-state index contributed by atoms with van der Waals surface area (Å²) in [5, 5.41) is 12.9. The minimum atomic E-state index is -0.0586. The summed E-state index contributed by atoms with van der Waals surface area (Å²) in [6, 6.07) is 4.23. The summed E-state index contributed by atoms with van der Waals surface area (Å²) in [5.74, 6) is 0. The normalized spacial score (nSPS) is 18.3. The second kappa shape index (κ2) is 6.92. The van der Waals surface area contributed by atoms with E-state index in [2.05, 4.69) is 40.2 Å². The van der Waals surface area contributed by atoms with E-state index in [-0.39, 0.29) is 6.10 Å². The van der Waals surface area contributed by atoms with E-state index in [4.69, 9.17) is 0 Å². The lowest BCUT2D eigenvalue weighted by molar-refractivity contribution is 0.0821. The van der Waals surface area contributed by atoms with Crippen molar-refractivity contribution in [1.29, 1.82) is 0 Å². The van der Waals surface area contributed by atoms with E-state index in [1.807, 2.05) is 0 Å². The smallest absolute Gasteiger partial charge is 0.0564 e. The molecule has 2 heterocycles. The van der Waals surface area contributed by atoms with Crippen LogP contribution in [-0.4, -0.2) is 46.9 Å². The number of rotatable bonds is 6. The maximum absolute atomic E-state index is 9.43. The first-order chi connectivity index (χ1) is 8.75. The first-order valence-electron chi connectivity index (χ1n) is 6.97. The van der Waals surface area contributed by atoms with E-state index in [1.54, 1.807) is 0 Å². The number of hydrogen-bond donors (Lipinski definition) is 2. The molecule has 1 fully saturated rings. The molecule has 0 aromatic carbocycles. The van der Waals surface area contributed by atoms with Crippen LogP contribution in [0.25, 0.3) is 0 Å². The van der Waals surface area contributed by atoms with E-state index in [0.717, 1.165) is 45.6 Å². The predicted molar refractivity (Wildman–Crippen MR) is 73.4 cm³/mol. The molecule has 0 radical (unpaired) electrons. The third-order valence-electron chi connectivity index (χ3n) is 3.74. The maximum Gasteiger partial charge on any atom is 0.0564 e. The summed E-state index contributed by atoms with van der Waals surface area (Å²) in [6.07, 6.45) is 5.08. The van der Waals surface area contributed by atoms with Crippen LogP contribution in [0.1, 0.15) is 25.0 Å². The van der Waals surface area contributed by atoms with Crippen LogP contribution < -0.4 is 5.32 Å². The SMILES string of the molecule is Cn1cccc1CNCCCN1CCC(O)CC1. The highest BCUT2D eigenvalue weighted by Crippen LogP contribution is 2.09. The first kappa shape index (κ1) is 13.6. The van der Waals surface area contributed by atoms with Crippen molar-refractivity contribution in [2.45, 2.75) is 31.9 Å². The van der Waals surface area contributed by atoms with Crippen LogP contribution in [0.5, 0.6) is 0 Å². The third kappa shape index (κ3) is 4.12. The van der Waals surface area contributed by atoms with Gasteiger partial charge in [-0.15, -0.1) is 0 Å². The molecule has 0 unspecified atom stereocenters. The minimum absolute atomic E-state index is 0.0586. The molecule has 1 saturated heterocycles. The maximum atomic E-state index is 9.43. The Morgan fingerprint density at radius 1 is 1.39 bits per heavy atom. The molecule has 0 amide bonds. The van der Waals surface area contributed by atoms with E-state index >= 15 is 0 Å². The summed E-state index contributed by atoms with van der Waals surface area (Å²) in [5.41, 5.74) is 1.33. The molecule has 0 aliphatic carbocycles. The van der Waals surface area contributed by atoms with Crippen molar-refractivity contribution in [3.05, 3.63) is 24.0 Å². The summed E-state index contributed by atoms with van der Waals surface area (Å²) < 4.78 is 2.15. The molecular weight excluding hydrogens is 226 g/mol. The first-order valence-corrected chi connectivity index (χ1v) is 6.97. The highest BCUT2D eigenvalue weighted by atomic mass is 16.3. The van der Waals surface area contributed by atoms with E-state index in [1.165, 1.54) is 12.1 Å². The molecule has 4 heteroatoms. The van der Waals surface area contributed by atoms with Crippen LogP contribution in [0.2, 0.25) is 0 Å². The van der Waals surface area contributed by atoms with Crippen LogP contribution in [0.4, 0.5) is 0 Å². The van der Waals surface area contributed by atoms with Gasteiger partial charge in [0.1, 0.15) is 0 Å². The Labute approximate surface area is 110 Å². The van der Waals surface area contributed by atoms with Gasteiger partial charge in [0, 0.05) is 38.6 Å². The van der Waals surface area contributed by atoms with Gasteiger partial charge < -0.3 is 19.9 Å². The Balaban J connectivity index is 1.53. The van der Waals surface area contributed by atoms with Gasteiger partial charge in [-0.1, -0.05) is 0 Å². The van der Waals surface area contributed by atoms with E-state index < -0.39 is 0 Å². The fourth-order valence-corrected chi connectivity index (χ4v) is 2.47. The number of likely N-dealkylation sites (tertiary alicyclic amines) is 1. The number of aliphatic hydroxyl groups is 1. The van der Waals surface area contributed by atoms with Crippen LogP contribution >= 0.6 is 0 Å². The zero-order valence-electron chi connectivity index (χ0n) is 11.3. The minimum Gasteiger partial charge on any atom is -0.393 e. The number of hydrogen-bond acceptors (Lipinski definition) is 3. The molecule has 1 aromatic rings. The molecule has 1 aromatic heterocycles. The molecule has 0 spiro atoms. The van der Waals surface area contributed by atoms with Gasteiger partial charge in [-0.3, -0.25) is 0 Å². The fourth-order valence-electron chi connectivity index (χ4n) is 2.47. The number of aromatic nitrogens is 1. The lowest BCUT2D eigenvalue weighted by Gasteiger charge is -2.29. The lowest BCUT2D eigenvalue weighted by Crippen LogP contribution is -2.37.